The van der Waals surface area contributed by atoms with Crippen LogP contribution in [0.2, 0.25) is 0 Å². The van der Waals surface area contributed by atoms with Crippen LogP contribution in [0.3, 0.4) is 0 Å². The Bertz CT molecular complexity index is 512. The van der Waals surface area contributed by atoms with E-state index < -0.39 is 0 Å². The van der Waals surface area contributed by atoms with Gasteiger partial charge in [-0.1, -0.05) is 11.3 Å². The molecule has 0 spiro atoms. The van der Waals surface area contributed by atoms with E-state index in [9.17, 15) is 4.79 Å². The molecule has 8 nitrogen and oxygen atoms in total. The molecule has 9 heteroatoms. The number of nitrogens with two attached hydrogens (primary N) is 1. The van der Waals surface area contributed by atoms with Gasteiger partial charge < -0.3 is 0 Å². The second-order valence-corrected chi connectivity index (χ2v) is 3.89. The summed E-state index contributed by atoms with van der Waals surface area (Å²) in [5.74, 6) is 5.16. The van der Waals surface area contributed by atoms with Crippen molar-refractivity contribution in [2.75, 3.05) is 5.43 Å². The zero-order valence-electron chi connectivity index (χ0n) is 7.91. The highest BCUT2D eigenvalue weighted by Gasteiger charge is 2.07. The van der Waals surface area contributed by atoms with E-state index in [1.807, 2.05) is 0 Å². The number of anilines is 1. The molecule has 0 amide bonds. The Morgan fingerprint density at radius 3 is 2.93 bits per heavy atom. The van der Waals surface area contributed by atoms with Gasteiger partial charge in [-0.15, -0.1) is 10.2 Å². The first-order valence-corrected chi connectivity index (χ1v) is 4.90. The minimum absolute atomic E-state index is 0.188. The van der Waals surface area contributed by atoms with Crippen LogP contribution in [0.25, 0.3) is 0 Å². The van der Waals surface area contributed by atoms with Crippen molar-refractivity contribution in [2.24, 2.45) is 12.9 Å². The van der Waals surface area contributed by atoms with Crippen LogP contribution < -0.4 is 17.0 Å². The Morgan fingerprint density at radius 1 is 1.60 bits per heavy atom. The maximum Gasteiger partial charge on any atom is 0.345 e. The molecule has 15 heavy (non-hydrogen) atoms. The summed E-state index contributed by atoms with van der Waals surface area (Å²) in [6.07, 6.45) is 1.45. The average Bonchev–Trinajstić information content (AvgIpc) is 2.80. The molecule has 0 radical (unpaired) electrons. The molecule has 0 bridgehead atoms. The van der Waals surface area contributed by atoms with Crippen molar-refractivity contribution in [1.29, 1.82) is 0 Å². The zero-order valence-corrected chi connectivity index (χ0v) is 8.73. The van der Waals surface area contributed by atoms with E-state index >= 15 is 0 Å². The van der Waals surface area contributed by atoms with Gasteiger partial charge in [-0.2, -0.15) is 5.10 Å². The predicted molar refractivity (Wildman–Crippen MR) is 54.3 cm³/mol. The van der Waals surface area contributed by atoms with Crippen molar-refractivity contribution in [3.8, 4) is 0 Å². The quantitative estimate of drug-likeness (QED) is 0.502. The van der Waals surface area contributed by atoms with Crippen molar-refractivity contribution in [3.05, 3.63) is 21.8 Å². The molecule has 0 aliphatic rings. The molecule has 0 atom stereocenters. The third kappa shape index (κ3) is 1.87. The van der Waals surface area contributed by atoms with Gasteiger partial charge in [0.1, 0.15) is 17.9 Å². The Hall–Kier alpha value is -1.74. The van der Waals surface area contributed by atoms with Gasteiger partial charge in [0.05, 0.1) is 0 Å². The highest BCUT2D eigenvalue weighted by molar-refractivity contribution is 7.15. The van der Waals surface area contributed by atoms with Crippen molar-refractivity contribution >= 4 is 16.5 Å². The number of hydrogen-bond donors (Lipinski definition) is 2. The fourth-order valence-electron chi connectivity index (χ4n) is 1.03. The number of rotatable bonds is 3. The Labute approximate surface area is 88.3 Å². The first kappa shape index (κ1) is 9.80. The fourth-order valence-corrected chi connectivity index (χ4v) is 1.67. The Kier molecular flexibility index (Phi) is 2.47. The topological polar surface area (TPSA) is 104 Å². The minimum atomic E-state index is -0.188. The summed E-state index contributed by atoms with van der Waals surface area (Å²) in [4.78, 5) is 11.4. The minimum Gasteiger partial charge on any atom is -0.298 e. The van der Waals surface area contributed by atoms with Crippen LogP contribution in [0, 0.1) is 0 Å². The molecule has 80 valence electrons. The molecule has 0 aliphatic carbocycles. The second-order valence-electron chi connectivity index (χ2n) is 2.83. The number of hydrazine groups is 1. The number of nitrogens with zero attached hydrogens (tertiary/aromatic N) is 5. The first-order valence-electron chi connectivity index (χ1n) is 4.08. The van der Waals surface area contributed by atoms with Gasteiger partial charge in [0, 0.05) is 7.05 Å². The van der Waals surface area contributed by atoms with Crippen molar-refractivity contribution < 1.29 is 0 Å². The molecule has 0 saturated carbocycles. The second kappa shape index (κ2) is 3.79. The molecule has 2 rings (SSSR count). The summed E-state index contributed by atoms with van der Waals surface area (Å²) < 4.78 is 2.70. The van der Waals surface area contributed by atoms with Crippen LogP contribution in [0.4, 0.5) is 5.13 Å². The lowest BCUT2D eigenvalue weighted by Gasteiger charge is -1.92. The van der Waals surface area contributed by atoms with Crippen LogP contribution in [-0.2, 0) is 13.6 Å². The fraction of sp³-hybridized carbons (Fsp3) is 0.333. The Balaban J connectivity index is 2.22. The largest absolute Gasteiger partial charge is 0.345 e. The molecule has 2 aromatic heterocycles. The first-order chi connectivity index (χ1) is 7.20. The molecule has 2 aromatic rings. The third-order valence-corrected chi connectivity index (χ3v) is 2.60. The predicted octanol–water partition coefficient (Wildman–Crippen LogP) is -1.23. The van der Waals surface area contributed by atoms with E-state index in [-0.39, 0.29) is 5.69 Å². The molecular weight excluding hydrogens is 218 g/mol. The zero-order chi connectivity index (χ0) is 10.8. The van der Waals surface area contributed by atoms with Crippen LogP contribution >= 0.6 is 11.3 Å². The molecule has 0 unspecified atom stereocenters. The van der Waals surface area contributed by atoms with Crippen LogP contribution in [0.5, 0.6) is 0 Å². The lowest BCUT2D eigenvalue weighted by Crippen LogP contribution is -2.23. The number of nitrogens with one attached hydrogen (secondary N) is 1. The summed E-state index contributed by atoms with van der Waals surface area (Å²) >= 11 is 1.28. The number of hydrogen-bond acceptors (Lipinski definition) is 7. The summed E-state index contributed by atoms with van der Waals surface area (Å²) in [5, 5.41) is 12.7. The van der Waals surface area contributed by atoms with Crippen molar-refractivity contribution in [3.63, 3.8) is 0 Å². The molecule has 0 saturated heterocycles. The third-order valence-electron chi connectivity index (χ3n) is 1.76. The molecule has 0 fully saturated rings. The lowest BCUT2D eigenvalue weighted by molar-refractivity contribution is 0.640. The van der Waals surface area contributed by atoms with E-state index in [1.165, 1.54) is 26.9 Å². The summed E-state index contributed by atoms with van der Waals surface area (Å²) in [6, 6.07) is 0. The van der Waals surface area contributed by atoms with E-state index in [4.69, 9.17) is 5.84 Å². The number of aromatic nitrogens is 5. The highest BCUT2D eigenvalue weighted by atomic mass is 32.1. The van der Waals surface area contributed by atoms with E-state index in [2.05, 4.69) is 20.7 Å². The van der Waals surface area contributed by atoms with Gasteiger partial charge in [-0.25, -0.2) is 15.3 Å². The van der Waals surface area contributed by atoms with Gasteiger partial charge >= 0.3 is 5.69 Å². The Morgan fingerprint density at radius 2 is 2.40 bits per heavy atom. The van der Waals surface area contributed by atoms with Crippen LogP contribution in [0.1, 0.15) is 5.01 Å². The van der Waals surface area contributed by atoms with Gasteiger partial charge in [-0.3, -0.25) is 9.99 Å². The lowest BCUT2D eigenvalue weighted by atomic mass is 10.7. The average molecular weight is 227 g/mol. The van der Waals surface area contributed by atoms with Gasteiger partial charge in [0.2, 0.25) is 5.13 Å². The maximum absolute atomic E-state index is 11.4. The van der Waals surface area contributed by atoms with Gasteiger partial charge in [-0.05, 0) is 0 Å². The normalized spacial score (nSPS) is 10.5. The van der Waals surface area contributed by atoms with Crippen molar-refractivity contribution in [2.45, 2.75) is 6.54 Å². The van der Waals surface area contributed by atoms with E-state index in [0.717, 1.165) is 0 Å². The number of nitrogen functional groups attached to an aromatic ring is 1. The molecule has 3 N–H and O–H groups in total. The standard InChI is InChI=1S/C6H9N7OS/c1-12-3-8-13(6(12)14)2-4-10-11-5(9-7)15-4/h3H,2,7H2,1H3,(H,9,11). The molecular formula is C6H9N7OS. The molecule has 0 aliphatic heterocycles. The van der Waals surface area contributed by atoms with E-state index in [1.54, 1.807) is 7.05 Å². The van der Waals surface area contributed by atoms with Crippen LogP contribution in [0.15, 0.2) is 11.1 Å². The summed E-state index contributed by atoms with van der Waals surface area (Å²) in [6.45, 7) is 0.305. The van der Waals surface area contributed by atoms with Gasteiger partial charge in [0.25, 0.3) is 0 Å². The van der Waals surface area contributed by atoms with E-state index in [0.29, 0.717) is 16.7 Å². The maximum atomic E-state index is 11.4. The SMILES string of the molecule is Cn1cnn(Cc2nnc(NN)s2)c1=O. The number of aryl methyl sites for hydroxylation is 1. The van der Waals surface area contributed by atoms with Crippen LogP contribution in [-0.4, -0.2) is 24.5 Å². The summed E-state index contributed by atoms with van der Waals surface area (Å²) in [7, 11) is 1.64. The smallest absolute Gasteiger partial charge is 0.298 e. The molecule has 2 heterocycles. The monoisotopic (exact) mass is 227 g/mol. The molecule has 0 aromatic carbocycles. The highest BCUT2D eigenvalue weighted by Crippen LogP contribution is 2.13. The summed E-state index contributed by atoms with van der Waals surface area (Å²) in [5.41, 5.74) is 2.20. The van der Waals surface area contributed by atoms with Gasteiger partial charge in [0.15, 0.2) is 0 Å². The van der Waals surface area contributed by atoms with Crippen molar-refractivity contribution in [1.82, 2.24) is 24.5 Å².